The number of nitrogens with two attached hydrogens (primary N) is 1. The minimum atomic E-state index is -4.84. The standard InChI is InChI=1S/C21H14F3N3O3/c22-21(23,24)30-14-5-7-17-18(10-14)27-20(29)15-9-12(4-6-16(15)26-17)11-2-1-3-13(8-11)19(25)28/h1-10,26H,(H2,25,28)(H,27,29). The molecule has 0 aliphatic carbocycles. The van der Waals surface area contributed by atoms with Crippen molar-refractivity contribution < 1.29 is 27.5 Å². The maximum absolute atomic E-state index is 12.7. The Balaban J connectivity index is 1.69. The van der Waals surface area contributed by atoms with Crippen molar-refractivity contribution in [2.24, 2.45) is 5.73 Å². The van der Waals surface area contributed by atoms with Crippen LogP contribution in [0.5, 0.6) is 5.75 Å². The second kappa shape index (κ2) is 7.11. The molecule has 0 atom stereocenters. The predicted molar refractivity (Wildman–Crippen MR) is 105 cm³/mol. The fourth-order valence-corrected chi connectivity index (χ4v) is 3.14. The lowest BCUT2D eigenvalue weighted by molar-refractivity contribution is -0.274. The van der Waals surface area contributed by atoms with Crippen molar-refractivity contribution in [2.45, 2.75) is 6.36 Å². The van der Waals surface area contributed by atoms with Gasteiger partial charge in [0.05, 0.1) is 22.6 Å². The fourth-order valence-electron chi connectivity index (χ4n) is 3.14. The molecule has 3 aromatic carbocycles. The van der Waals surface area contributed by atoms with E-state index in [4.69, 9.17) is 5.73 Å². The summed E-state index contributed by atoms with van der Waals surface area (Å²) in [4.78, 5) is 24.2. The van der Waals surface area contributed by atoms with E-state index in [9.17, 15) is 22.8 Å². The lowest BCUT2D eigenvalue weighted by Crippen LogP contribution is -2.17. The molecule has 1 aliphatic heterocycles. The van der Waals surface area contributed by atoms with E-state index >= 15 is 0 Å². The molecule has 0 spiro atoms. The molecule has 4 N–H and O–H groups in total. The van der Waals surface area contributed by atoms with Gasteiger partial charge in [0.1, 0.15) is 5.75 Å². The summed E-state index contributed by atoms with van der Waals surface area (Å²) in [6.07, 6.45) is -4.84. The normalized spacial score (nSPS) is 12.7. The van der Waals surface area contributed by atoms with E-state index in [1.807, 2.05) is 0 Å². The molecule has 152 valence electrons. The van der Waals surface area contributed by atoms with E-state index in [1.165, 1.54) is 6.07 Å². The number of anilines is 3. The molecular formula is C21H14F3N3O3. The topological polar surface area (TPSA) is 93.5 Å². The first kappa shape index (κ1) is 19.3. The van der Waals surface area contributed by atoms with Crippen LogP contribution in [-0.2, 0) is 0 Å². The summed E-state index contributed by atoms with van der Waals surface area (Å²) >= 11 is 0. The maximum atomic E-state index is 12.7. The number of benzene rings is 3. The van der Waals surface area contributed by atoms with Crippen LogP contribution in [0.4, 0.5) is 30.2 Å². The van der Waals surface area contributed by atoms with Crippen LogP contribution in [0.15, 0.2) is 60.7 Å². The number of rotatable bonds is 3. The fraction of sp³-hybridized carbons (Fsp3) is 0.0476. The van der Waals surface area contributed by atoms with Gasteiger partial charge >= 0.3 is 6.36 Å². The molecule has 0 saturated carbocycles. The van der Waals surface area contributed by atoms with Crippen LogP contribution < -0.4 is 21.1 Å². The van der Waals surface area contributed by atoms with Gasteiger partial charge in [-0.25, -0.2) is 0 Å². The van der Waals surface area contributed by atoms with Gasteiger partial charge in [0.2, 0.25) is 5.91 Å². The number of alkyl halides is 3. The summed E-state index contributed by atoms with van der Waals surface area (Å²) in [7, 11) is 0. The van der Waals surface area contributed by atoms with Gasteiger partial charge in [-0.2, -0.15) is 0 Å². The van der Waals surface area contributed by atoms with Crippen LogP contribution in [0, 0.1) is 0 Å². The Hall–Kier alpha value is -4.01. The second-order valence-corrected chi connectivity index (χ2v) is 6.54. The molecule has 4 rings (SSSR count). The zero-order chi connectivity index (χ0) is 21.5. The number of carbonyl (C=O) groups is 2. The molecule has 1 heterocycles. The third-order valence-electron chi connectivity index (χ3n) is 4.49. The zero-order valence-corrected chi connectivity index (χ0v) is 15.2. The number of halogens is 3. The highest BCUT2D eigenvalue weighted by Crippen LogP contribution is 2.37. The summed E-state index contributed by atoms with van der Waals surface area (Å²) in [5.41, 5.74) is 8.33. The Morgan fingerprint density at radius 3 is 2.33 bits per heavy atom. The van der Waals surface area contributed by atoms with Gasteiger partial charge in [-0.3, -0.25) is 9.59 Å². The molecule has 1 aliphatic rings. The Kier molecular flexibility index (Phi) is 4.57. The summed E-state index contributed by atoms with van der Waals surface area (Å²) in [5.74, 6) is -1.52. The molecule has 6 nitrogen and oxygen atoms in total. The van der Waals surface area contributed by atoms with Crippen molar-refractivity contribution in [1.29, 1.82) is 0 Å². The molecule has 9 heteroatoms. The lowest BCUT2D eigenvalue weighted by Gasteiger charge is -2.13. The van der Waals surface area contributed by atoms with Gasteiger partial charge < -0.3 is 21.1 Å². The van der Waals surface area contributed by atoms with E-state index in [0.717, 1.165) is 12.1 Å². The van der Waals surface area contributed by atoms with Crippen molar-refractivity contribution in [1.82, 2.24) is 0 Å². The maximum Gasteiger partial charge on any atom is 0.573 e. The van der Waals surface area contributed by atoms with E-state index < -0.39 is 23.9 Å². The first-order valence-corrected chi connectivity index (χ1v) is 8.72. The quantitative estimate of drug-likeness (QED) is 0.582. The molecule has 0 saturated heterocycles. The highest BCUT2D eigenvalue weighted by atomic mass is 19.4. The average molecular weight is 413 g/mol. The molecule has 0 radical (unpaired) electrons. The van der Waals surface area contributed by atoms with E-state index in [2.05, 4.69) is 15.4 Å². The largest absolute Gasteiger partial charge is 0.573 e. The van der Waals surface area contributed by atoms with Crippen molar-refractivity contribution in [2.75, 3.05) is 10.6 Å². The molecule has 0 fully saturated rings. The molecule has 30 heavy (non-hydrogen) atoms. The minimum Gasteiger partial charge on any atom is -0.406 e. The third-order valence-corrected chi connectivity index (χ3v) is 4.49. The van der Waals surface area contributed by atoms with Gasteiger partial charge in [0.25, 0.3) is 5.91 Å². The number of amides is 2. The number of primary amides is 1. The minimum absolute atomic E-state index is 0.148. The number of carbonyl (C=O) groups excluding carboxylic acids is 2. The Morgan fingerprint density at radius 1 is 0.867 bits per heavy atom. The molecule has 0 unspecified atom stereocenters. The van der Waals surface area contributed by atoms with E-state index in [0.29, 0.717) is 28.1 Å². The molecule has 3 aromatic rings. The third kappa shape index (κ3) is 3.90. The zero-order valence-electron chi connectivity index (χ0n) is 15.2. The molecular weight excluding hydrogens is 399 g/mol. The average Bonchev–Trinajstić information content (AvgIpc) is 2.82. The number of nitrogens with one attached hydrogen (secondary N) is 2. The van der Waals surface area contributed by atoms with Crippen LogP contribution in [0.3, 0.4) is 0 Å². The van der Waals surface area contributed by atoms with Crippen LogP contribution in [0.2, 0.25) is 0 Å². The summed E-state index contributed by atoms with van der Waals surface area (Å²) < 4.78 is 41.3. The first-order chi connectivity index (χ1) is 14.2. The summed E-state index contributed by atoms with van der Waals surface area (Å²) in [6, 6.07) is 15.3. The van der Waals surface area contributed by atoms with Crippen molar-refractivity contribution in [3.63, 3.8) is 0 Å². The van der Waals surface area contributed by atoms with Gasteiger partial charge in [-0.15, -0.1) is 13.2 Å². The SMILES string of the molecule is NC(=O)c1cccc(-c2ccc3c(c2)C(=O)Nc2cc(OC(F)(F)F)ccc2N3)c1. The van der Waals surface area contributed by atoms with Crippen molar-refractivity contribution in [3.05, 3.63) is 71.8 Å². The Bertz CT molecular complexity index is 1180. The highest BCUT2D eigenvalue weighted by Gasteiger charge is 2.31. The van der Waals surface area contributed by atoms with Crippen LogP contribution >= 0.6 is 0 Å². The predicted octanol–water partition coefficient (Wildman–Crippen LogP) is 4.66. The van der Waals surface area contributed by atoms with Crippen molar-refractivity contribution >= 4 is 28.9 Å². The first-order valence-electron chi connectivity index (χ1n) is 8.72. The monoisotopic (exact) mass is 413 g/mol. The van der Waals surface area contributed by atoms with Gasteiger partial charge in [0.15, 0.2) is 0 Å². The van der Waals surface area contributed by atoms with Crippen molar-refractivity contribution in [3.8, 4) is 16.9 Å². The van der Waals surface area contributed by atoms with Gasteiger partial charge in [0, 0.05) is 11.6 Å². The Labute approximate surface area is 168 Å². The second-order valence-electron chi connectivity index (χ2n) is 6.54. The number of ether oxygens (including phenoxy) is 1. The Morgan fingerprint density at radius 2 is 1.60 bits per heavy atom. The van der Waals surface area contributed by atoms with Crippen LogP contribution in [0.25, 0.3) is 11.1 Å². The van der Waals surface area contributed by atoms with E-state index in [1.54, 1.807) is 42.5 Å². The van der Waals surface area contributed by atoms with Gasteiger partial charge in [-0.1, -0.05) is 18.2 Å². The van der Waals surface area contributed by atoms with Crippen LogP contribution in [0.1, 0.15) is 20.7 Å². The number of fused-ring (bicyclic) bond motifs is 2. The smallest absolute Gasteiger partial charge is 0.406 e. The summed E-state index contributed by atoms with van der Waals surface area (Å²) in [5, 5.41) is 5.63. The van der Waals surface area contributed by atoms with E-state index in [-0.39, 0.29) is 11.3 Å². The highest BCUT2D eigenvalue weighted by molar-refractivity contribution is 6.12. The molecule has 2 amide bonds. The lowest BCUT2D eigenvalue weighted by atomic mass is 9.99. The summed E-state index contributed by atoms with van der Waals surface area (Å²) in [6.45, 7) is 0. The molecule has 0 aromatic heterocycles. The number of hydrogen-bond donors (Lipinski definition) is 3. The van der Waals surface area contributed by atoms with Gasteiger partial charge in [-0.05, 0) is 47.5 Å². The number of hydrogen-bond acceptors (Lipinski definition) is 4. The molecule has 0 bridgehead atoms. The van der Waals surface area contributed by atoms with Crippen LogP contribution in [-0.4, -0.2) is 18.2 Å².